The average molecular weight is 403 g/mol. The summed E-state index contributed by atoms with van der Waals surface area (Å²) in [5, 5.41) is 11.2. The lowest BCUT2D eigenvalue weighted by Crippen LogP contribution is -2.25. The number of benzene rings is 1. The minimum atomic E-state index is -0.254. The molecule has 0 aliphatic rings. The fourth-order valence-corrected chi connectivity index (χ4v) is 2.67. The van der Waals surface area contributed by atoms with Crippen LogP contribution >= 0.6 is 15.9 Å². The molecule has 8 heteroatoms. The molecule has 0 bridgehead atoms. The van der Waals surface area contributed by atoms with Gasteiger partial charge in [-0.15, -0.1) is 5.10 Å². The Kier molecular flexibility index (Phi) is 5.28. The molecule has 130 valence electrons. The third-order valence-electron chi connectivity index (χ3n) is 3.75. The van der Waals surface area contributed by atoms with Crippen LogP contribution in [0, 0.1) is 12.8 Å². The Balaban J connectivity index is 1.56. The molecular formula is C17H19BrN6O. The molecule has 7 nitrogen and oxygen atoms in total. The second-order valence-corrected chi connectivity index (χ2v) is 6.94. The van der Waals surface area contributed by atoms with Crippen LogP contribution in [0.1, 0.15) is 18.1 Å². The molecule has 0 aliphatic heterocycles. The van der Waals surface area contributed by atoms with Crippen LogP contribution in [-0.2, 0) is 17.9 Å². The van der Waals surface area contributed by atoms with Gasteiger partial charge in [-0.25, -0.2) is 9.67 Å². The monoisotopic (exact) mass is 402 g/mol. The molecule has 2 aromatic heterocycles. The van der Waals surface area contributed by atoms with Gasteiger partial charge in [-0.2, -0.15) is 5.10 Å². The van der Waals surface area contributed by atoms with E-state index >= 15 is 0 Å². The molecule has 3 rings (SSSR count). The quantitative estimate of drug-likeness (QED) is 0.687. The van der Waals surface area contributed by atoms with Crippen LogP contribution in [-0.4, -0.2) is 30.5 Å². The molecule has 1 amide bonds. The topological polar surface area (TPSA) is 77.6 Å². The van der Waals surface area contributed by atoms with Crippen LogP contribution < -0.4 is 5.32 Å². The Morgan fingerprint density at radius 1 is 1.28 bits per heavy atom. The molecule has 0 saturated heterocycles. The standard InChI is InChI=1S/C17H19BrN6O/c1-12-3-5-14(6-4-12)9-24-11-19-17(22-24)21-16(25)13(2)8-23-10-15(18)7-20-23/h3-7,10-11,13H,8-9H2,1-2H3,(H,21,22,25). The Hall–Kier alpha value is -2.48. The van der Waals surface area contributed by atoms with Crippen LogP contribution in [0.4, 0.5) is 5.95 Å². The number of carbonyl (C=O) groups is 1. The van der Waals surface area contributed by atoms with E-state index in [9.17, 15) is 4.79 Å². The van der Waals surface area contributed by atoms with Gasteiger partial charge < -0.3 is 0 Å². The highest BCUT2D eigenvalue weighted by Crippen LogP contribution is 2.10. The number of anilines is 1. The lowest BCUT2D eigenvalue weighted by atomic mass is 10.1. The number of amides is 1. The van der Waals surface area contributed by atoms with Crippen molar-refractivity contribution >= 4 is 27.8 Å². The largest absolute Gasteiger partial charge is 0.293 e. The Labute approximate surface area is 154 Å². The molecule has 1 N–H and O–H groups in total. The minimum absolute atomic E-state index is 0.139. The van der Waals surface area contributed by atoms with Crippen molar-refractivity contribution < 1.29 is 4.79 Å². The maximum absolute atomic E-state index is 12.3. The fraction of sp³-hybridized carbons (Fsp3) is 0.294. The number of aromatic nitrogens is 5. The number of carbonyl (C=O) groups excluding carboxylic acids is 1. The van der Waals surface area contributed by atoms with E-state index in [1.165, 1.54) is 5.56 Å². The molecule has 0 aliphatic carbocycles. The van der Waals surface area contributed by atoms with Gasteiger partial charge in [0.25, 0.3) is 0 Å². The summed E-state index contributed by atoms with van der Waals surface area (Å²) in [5.74, 6) is -0.0823. The number of nitrogens with zero attached hydrogens (tertiary/aromatic N) is 5. The third kappa shape index (κ3) is 4.76. The number of nitrogens with one attached hydrogen (secondary N) is 1. The molecule has 0 spiro atoms. The number of halogens is 1. The number of hydrogen-bond donors (Lipinski definition) is 1. The Bertz CT molecular complexity index is 854. The second kappa shape index (κ2) is 7.60. The summed E-state index contributed by atoms with van der Waals surface area (Å²) in [6.45, 7) is 4.99. The summed E-state index contributed by atoms with van der Waals surface area (Å²) < 4.78 is 4.31. The van der Waals surface area contributed by atoms with Crippen molar-refractivity contribution in [2.24, 2.45) is 5.92 Å². The van der Waals surface area contributed by atoms with Gasteiger partial charge in [0.2, 0.25) is 11.9 Å². The Morgan fingerprint density at radius 2 is 2.04 bits per heavy atom. The highest BCUT2D eigenvalue weighted by Gasteiger charge is 2.16. The third-order valence-corrected chi connectivity index (χ3v) is 4.16. The molecule has 25 heavy (non-hydrogen) atoms. The summed E-state index contributed by atoms with van der Waals surface area (Å²) in [5.41, 5.74) is 2.35. The van der Waals surface area contributed by atoms with E-state index in [1.807, 2.05) is 13.1 Å². The van der Waals surface area contributed by atoms with Crippen molar-refractivity contribution in [1.82, 2.24) is 24.5 Å². The van der Waals surface area contributed by atoms with Crippen molar-refractivity contribution in [3.8, 4) is 0 Å². The van der Waals surface area contributed by atoms with E-state index in [4.69, 9.17) is 0 Å². The predicted octanol–water partition coefficient (Wildman–Crippen LogP) is 2.87. The summed E-state index contributed by atoms with van der Waals surface area (Å²) in [6.07, 6.45) is 5.14. The minimum Gasteiger partial charge on any atom is -0.293 e. The number of hydrogen-bond acceptors (Lipinski definition) is 4. The maximum Gasteiger partial charge on any atom is 0.248 e. The van der Waals surface area contributed by atoms with Gasteiger partial charge in [-0.1, -0.05) is 36.8 Å². The summed E-state index contributed by atoms with van der Waals surface area (Å²) >= 11 is 3.34. The van der Waals surface area contributed by atoms with Crippen LogP contribution in [0.25, 0.3) is 0 Å². The van der Waals surface area contributed by atoms with Gasteiger partial charge in [0.05, 0.1) is 29.7 Å². The first-order chi connectivity index (χ1) is 12.0. The maximum atomic E-state index is 12.3. The predicted molar refractivity (Wildman–Crippen MR) is 98.0 cm³/mol. The zero-order chi connectivity index (χ0) is 17.8. The van der Waals surface area contributed by atoms with Crippen molar-refractivity contribution in [3.05, 3.63) is 58.6 Å². The van der Waals surface area contributed by atoms with Gasteiger partial charge >= 0.3 is 0 Å². The molecule has 0 fully saturated rings. The normalized spacial score (nSPS) is 12.1. The van der Waals surface area contributed by atoms with Crippen LogP contribution in [0.15, 0.2) is 47.5 Å². The SMILES string of the molecule is Cc1ccc(Cn2cnc(NC(=O)C(C)Cn3cc(Br)cn3)n2)cc1. The van der Waals surface area contributed by atoms with Crippen LogP contribution in [0.2, 0.25) is 0 Å². The zero-order valence-electron chi connectivity index (χ0n) is 14.1. The van der Waals surface area contributed by atoms with E-state index in [0.29, 0.717) is 19.0 Å². The van der Waals surface area contributed by atoms with Gasteiger partial charge in [-0.05, 0) is 28.4 Å². The summed E-state index contributed by atoms with van der Waals surface area (Å²) in [4.78, 5) is 16.4. The van der Waals surface area contributed by atoms with E-state index in [2.05, 4.69) is 67.6 Å². The highest BCUT2D eigenvalue weighted by molar-refractivity contribution is 9.10. The Morgan fingerprint density at radius 3 is 2.72 bits per heavy atom. The van der Waals surface area contributed by atoms with Crippen molar-refractivity contribution in [1.29, 1.82) is 0 Å². The van der Waals surface area contributed by atoms with E-state index < -0.39 is 0 Å². The van der Waals surface area contributed by atoms with Crippen molar-refractivity contribution in [3.63, 3.8) is 0 Å². The lowest BCUT2D eigenvalue weighted by molar-refractivity contribution is -0.119. The van der Waals surface area contributed by atoms with Gasteiger partial charge in [-0.3, -0.25) is 14.8 Å². The molecule has 0 radical (unpaired) electrons. The molecule has 1 atom stereocenters. The first-order valence-corrected chi connectivity index (χ1v) is 8.73. The second-order valence-electron chi connectivity index (χ2n) is 6.02. The van der Waals surface area contributed by atoms with E-state index in [1.54, 1.807) is 21.9 Å². The summed E-state index contributed by atoms with van der Waals surface area (Å²) in [6, 6.07) is 8.23. The lowest BCUT2D eigenvalue weighted by Gasteiger charge is -2.10. The smallest absolute Gasteiger partial charge is 0.248 e. The zero-order valence-corrected chi connectivity index (χ0v) is 15.6. The van der Waals surface area contributed by atoms with Crippen molar-refractivity contribution in [2.45, 2.75) is 26.9 Å². The average Bonchev–Trinajstić information content (AvgIpc) is 3.18. The van der Waals surface area contributed by atoms with Crippen LogP contribution in [0.5, 0.6) is 0 Å². The van der Waals surface area contributed by atoms with E-state index in [0.717, 1.165) is 10.0 Å². The molecule has 3 aromatic rings. The summed E-state index contributed by atoms with van der Waals surface area (Å²) in [7, 11) is 0. The fourth-order valence-electron chi connectivity index (χ4n) is 2.34. The highest BCUT2D eigenvalue weighted by atomic mass is 79.9. The molecule has 1 unspecified atom stereocenters. The number of aryl methyl sites for hydroxylation is 1. The van der Waals surface area contributed by atoms with Gasteiger partial charge in [0.1, 0.15) is 6.33 Å². The molecule has 1 aromatic carbocycles. The van der Waals surface area contributed by atoms with Crippen molar-refractivity contribution in [2.75, 3.05) is 5.32 Å². The first-order valence-electron chi connectivity index (χ1n) is 7.93. The number of rotatable bonds is 6. The van der Waals surface area contributed by atoms with Gasteiger partial charge in [0, 0.05) is 6.20 Å². The van der Waals surface area contributed by atoms with E-state index in [-0.39, 0.29) is 11.8 Å². The molecular weight excluding hydrogens is 384 g/mol. The van der Waals surface area contributed by atoms with Gasteiger partial charge in [0.15, 0.2) is 0 Å². The molecule has 0 saturated carbocycles. The molecule has 2 heterocycles. The first kappa shape index (κ1) is 17.3. The van der Waals surface area contributed by atoms with Crippen LogP contribution in [0.3, 0.4) is 0 Å².